The Labute approximate surface area is 193 Å². The third kappa shape index (κ3) is 3.14. The van der Waals surface area contributed by atoms with Gasteiger partial charge in [0, 0.05) is 29.6 Å². The maximum absolute atomic E-state index is 12.9. The number of rotatable bonds is 5. The number of fused-ring (bicyclic) bond motifs is 3. The molecule has 1 atom stereocenters. The number of hydrogen-bond acceptors (Lipinski definition) is 9. The summed E-state index contributed by atoms with van der Waals surface area (Å²) >= 11 is 0. The fourth-order valence-electron chi connectivity index (χ4n) is 4.27. The van der Waals surface area contributed by atoms with Crippen LogP contribution in [0.1, 0.15) is 52.6 Å². The monoisotopic (exact) mass is 463 g/mol. The van der Waals surface area contributed by atoms with E-state index in [0.29, 0.717) is 0 Å². The number of pyridine rings is 1. The Kier molecular flexibility index (Phi) is 5.24. The number of ether oxygens (including phenoxy) is 1. The Hall–Kier alpha value is -4.47. The Morgan fingerprint density at radius 3 is 2.29 bits per heavy atom. The van der Waals surface area contributed by atoms with Crippen molar-refractivity contribution >= 4 is 23.3 Å². The second kappa shape index (κ2) is 7.84. The highest BCUT2D eigenvalue weighted by Crippen LogP contribution is 2.58. The first-order chi connectivity index (χ1) is 16.0. The van der Waals surface area contributed by atoms with Crippen LogP contribution in [0.3, 0.4) is 0 Å². The number of hydrazine groups is 1. The zero-order valence-electron chi connectivity index (χ0n) is 18.8. The van der Waals surface area contributed by atoms with E-state index >= 15 is 0 Å². The summed E-state index contributed by atoms with van der Waals surface area (Å²) in [7, 11) is 0. The molecule has 2 heterocycles. The van der Waals surface area contributed by atoms with Crippen LogP contribution in [0.2, 0.25) is 0 Å². The molecule has 0 fully saturated rings. The highest BCUT2D eigenvalue weighted by Gasteiger charge is 2.54. The van der Waals surface area contributed by atoms with Crippen molar-refractivity contribution in [3.63, 3.8) is 0 Å². The molecule has 0 spiro atoms. The number of phenols is 2. The van der Waals surface area contributed by atoms with Crippen LogP contribution in [0, 0.1) is 6.92 Å². The van der Waals surface area contributed by atoms with Gasteiger partial charge in [-0.05, 0) is 39.8 Å². The first-order valence-corrected chi connectivity index (χ1v) is 10.3. The molecule has 174 valence electrons. The predicted molar refractivity (Wildman–Crippen MR) is 118 cm³/mol. The second-order valence-electron chi connectivity index (χ2n) is 8.18. The van der Waals surface area contributed by atoms with Gasteiger partial charge in [0.25, 0.3) is 5.91 Å². The lowest BCUT2D eigenvalue weighted by atomic mass is 9.71. The highest BCUT2D eigenvalue weighted by atomic mass is 16.5. The summed E-state index contributed by atoms with van der Waals surface area (Å²) in [5, 5.41) is 21.5. The van der Waals surface area contributed by atoms with Crippen LogP contribution in [-0.4, -0.2) is 38.5 Å². The van der Waals surface area contributed by atoms with Gasteiger partial charge in [-0.15, -0.1) is 0 Å². The van der Waals surface area contributed by atoms with Gasteiger partial charge in [-0.3, -0.25) is 29.6 Å². The lowest BCUT2D eigenvalue weighted by molar-refractivity contribution is -0.118. The molecule has 2 aromatic rings. The molecular weight excluding hydrogens is 442 g/mol. The minimum absolute atomic E-state index is 0.0148. The summed E-state index contributed by atoms with van der Waals surface area (Å²) in [4.78, 5) is 54.2. The van der Waals surface area contributed by atoms with Gasteiger partial charge in [0.1, 0.15) is 34.0 Å². The van der Waals surface area contributed by atoms with Gasteiger partial charge in [0.15, 0.2) is 17.3 Å². The molecule has 0 saturated heterocycles. The number of aromatic hydroxyl groups is 2. The van der Waals surface area contributed by atoms with Crippen molar-refractivity contribution in [2.75, 3.05) is 0 Å². The van der Waals surface area contributed by atoms with Crippen molar-refractivity contribution in [1.82, 2.24) is 15.8 Å². The van der Waals surface area contributed by atoms with Gasteiger partial charge in [-0.25, -0.2) is 0 Å². The molecule has 4 N–H and O–H groups in total. The SMILES string of the molecule is CC(=O)C1=C(NNC(=O)c2ccncc2)[C@]2(C)C(=CC1=O)Oc1c(C(C)=O)c(O)c(C)c(O)c12. The van der Waals surface area contributed by atoms with E-state index in [2.05, 4.69) is 15.8 Å². The van der Waals surface area contributed by atoms with Crippen LogP contribution in [0.4, 0.5) is 0 Å². The van der Waals surface area contributed by atoms with E-state index < -0.39 is 34.4 Å². The first-order valence-electron chi connectivity index (χ1n) is 10.3. The number of nitrogens with zero attached hydrogens (tertiary/aromatic N) is 1. The number of Topliss-reactive ketones (excluding diaryl/α,β-unsaturated/α-hetero) is 2. The molecule has 34 heavy (non-hydrogen) atoms. The van der Waals surface area contributed by atoms with E-state index in [1.54, 1.807) is 6.92 Å². The smallest absolute Gasteiger partial charge is 0.269 e. The van der Waals surface area contributed by atoms with Gasteiger partial charge in [-0.1, -0.05) is 0 Å². The van der Waals surface area contributed by atoms with Gasteiger partial charge < -0.3 is 20.4 Å². The summed E-state index contributed by atoms with van der Waals surface area (Å²) in [5.74, 6) is -3.30. The lowest BCUT2D eigenvalue weighted by Gasteiger charge is -2.33. The van der Waals surface area contributed by atoms with Crippen molar-refractivity contribution in [2.45, 2.75) is 33.1 Å². The Morgan fingerprint density at radius 2 is 1.71 bits per heavy atom. The Bertz CT molecular complexity index is 1360. The predicted octanol–water partition coefficient (Wildman–Crippen LogP) is 1.90. The lowest BCUT2D eigenvalue weighted by Crippen LogP contribution is -2.47. The molecule has 0 radical (unpaired) electrons. The number of amides is 1. The summed E-state index contributed by atoms with van der Waals surface area (Å²) in [6.07, 6.45) is 3.96. The molecule has 0 bridgehead atoms. The average molecular weight is 463 g/mol. The van der Waals surface area contributed by atoms with Gasteiger partial charge in [-0.2, -0.15) is 0 Å². The zero-order chi connectivity index (χ0) is 24.9. The second-order valence-corrected chi connectivity index (χ2v) is 8.18. The molecular formula is C24H21N3O7. The number of allylic oxidation sites excluding steroid dienone is 2. The van der Waals surface area contributed by atoms with E-state index in [-0.39, 0.29) is 50.8 Å². The van der Waals surface area contributed by atoms with Crippen molar-refractivity contribution in [1.29, 1.82) is 0 Å². The van der Waals surface area contributed by atoms with Crippen molar-refractivity contribution in [3.8, 4) is 17.2 Å². The fraction of sp³-hybridized carbons (Fsp3) is 0.208. The van der Waals surface area contributed by atoms with E-state index in [0.717, 1.165) is 6.08 Å². The third-order valence-corrected chi connectivity index (χ3v) is 6.05. The molecule has 1 amide bonds. The molecule has 0 unspecified atom stereocenters. The number of hydrogen-bond donors (Lipinski definition) is 4. The topological polar surface area (TPSA) is 155 Å². The number of ketones is 3. The number of benzene rings is 1. The molecule has 2 aliphatic rings. The third-order valence-electron chi connectivity index (χ3n) is 6.05. The Balaban J connectivity index is 1.92. The minimum atomic E-state index is -1.47. The molecule has 4 rings (SSSR count). The standard InChI is InChI=1S/C24H21N3O7/c1-10-19(31)17(12(3)29)21-18(20(10)32)24(4)15(34-21)9-14(30)16(11(2)28)22(24)26-27-23(33)13-5-7-25-8-6-13/h5-9,26,31-32H,1-4H3,(H,27,33)/t24-/m1/s1. The highest BCUT2D eigenvalue weighted by molar-refractivity contribution is 6.25. The molecule has 0 saturated carbocycles. The van der Waals surface area contributed by atoms with Gasteiger partial charge in [0.05, 0.1) is 16.8 Å². The molecule has 10 nitrogen and oxygen atoms in total. The van der Waals surface area contributed by atoms with Crippen LogP contribution in [0.25, 0.3) is 0 Å². The van der Waals surface area contributed by atoms with Crippen molar-refractivity contribution in [3.05, 3.63) is 69.9 Å². The van der Waals surface area contributed by atoms with Crippen LogP contribution >= 0.6 is 0 Å². The van der Waals surface area contributed by atoms with E-state index in [1.165, 1.54) is 45.3 Å². The maximum atomic E-state index is 12.9. The van der Waals surface area contributed by atoms with Gasteiger partial charge in [0.2, 0.25) is 0 Å². The molecule has 1 aromatic heterocycles. The first kappa shape index (κ1) is 22.7. The maximum Gasteiger partial charge on any atom is 0.269 e. The average Bonchev–Trinajstić information content (AvgIpc) is 3.07. The molecule has 1 aliphatic heterocycles. The summed E-state index contributed by atoms with van der Waals surface area (Å²) in [5.41, 5.74) is 3.58. The summed E-state index contributed by atoms with van der Waals surface area (Å²) in [6.45, 7) is 5.41. The van der Waals surface area contributed by atoms with Crippen LogP contribution in [0.15, 0.2) is 47.6 Å². The van der Waals surface area contributed by atoms with Crippen LogP contribution in [-0.2, 0) is 15.0 Å². The van der Waals surface area contributed by atoms with Crippen molar-refractivity contribution in [2.24, 2.45) is 0 Å². The molecule has 1 aliphatic carbocycles. The number of carbonyl (C=O) groups is 4. The summed E-state index contributed by atoms with van der Waals surface area (Å²) in [6, 6.07) is 2.95. The number of carbonyl (C=O) groups excluding carboxylic acids is 4. The van der Waals surface area contributed by atoms with E-state index in [1.807, 2.05) is 0 Å². The Morgan fingerprint density at radius 1 is 1.06 bits per heavy atom. The van der Waals surface area contributed by atoms with E-state index in [4.69, 9.17) is 4.74 Å². The zero-order valence-corrected chi connectivity index (χ0v) is 18.8. The number of nitrogens with one attached hydrogen (secondary N) is 2. The largest absolute Gasteiger partial charge is 0.507 e. The number of aromatic nitrogens is 1. The summed E-state index contributed by atoms with van der Waals surface area (Å²) < 4.78 is 5.84. The van der Waals surface area contributed by atoms with Crippen LogP contribution < -0.4 is 15.6 Å². The molecule has 10 heteroatoms. The van der Waals surface area contributed by atoms with Crippen molar-refractivity contribution < 1.29 is 34.1 Å². The van der Waals surface area contributed by atoms with Crippen LogP contribution in [0.5, 0.6) is 17.2 Å². The van der Waals surface area contributed by atoms with E-state index in [9.17, 15) is 29.4 Å². The fourth-order valence-corrected chi connectivity index (χ4v) is 4.27. The molecule has 1 aromatic carbocycles. The van der Waals surface area contributed by atoms with Gasteiger partial charge >= 0.3 is 0 Å². The normalized spacial score (nSPS) is 18.5. The quantitative estimate of drug-likeness (QED) is 0.296. The number of phenolic OH excluding ortho intramolecular Hbond substituents is 2. The minimum Gasteiger partial charge on any atom is -0.507 e.